The number of hydrogen-bond donors (Lipinski definition) is 2. The van der Waals surface area contributed by atoms with Gasteiger partial charge in [-0.05, 0) is 42.9 Å². The summed E-state index contributed by atoms with van der Waals surface area (Å²) >= 11 is 6.15. The number of nitrogens with zero attached hydrogens (tertiary/aromatic N) is 1. The Morgan fingerprint density at radius 2 is 2.11 bits per heavy atom. The lowest BCUT2D eigenvalue weighted by Crippen LogP contribution is -2.25. The molecular formula is C11H11F2N3S2. The highest BCUT2D eigenvalue weighted by molar-refractivity contribution is 7.99. The number of halogens is 2. The van der Waals surface area contributed by atoms with Crippen molar-refractivity contribution in [2.45, 2.75) is 17.7 Å². The van der Waals surface area contributed by atoms with Gasteiger partial charge in [-0.25, -0.2) is 8.78 Å². The summed E-state index contributed by atoms with van der Waals surface area (Å²) in [4.78, 5) is 0.690. The predicted octanol–water partition coefficient (Wildman–Crippen LogP) is 2.39. The van der Waals surface area contributed by atoms with Crippen molar-refractivity contribution in [3.05, 3.63) is 29.3 Å². The third kappa shape index (κ3) is 2.97. The van der Waals surface area contributed by atoms with E-state index in [-0.39, 0.29) is 5.11 Å². The van der Waals surface area contributed by atoms with Crippen LogP contribution in [0.2, 0.25) is 0 Å². The molecule has 1 heterocycles. The van der Waals surface area contributed by atoms with Crippen molar-refractivity contribution < 1.29 is 8.78 Å². The van der Waals surface area contributed by atoms with Crippen molar-refractivity contribution in [3.8, 4) is 0 Å². The number of nitrogens with one attached hydrogen (secondary N) is 1. The van der Waals surface area contributed by atoms with Crippen LogP contribution in [-0.4, -0.2) is 16.6 Å². The minimum absolute atomic E-state index is 0.0449. The van der Waals surface area contributed by atoms with Crippen molar-refractivity contribution in [3.63, 3.8) is 0 Å². The molecule has 0 saturated heterocycles. The summed E-state index contributed by atoms with van der Waals surface area (Å²) in [5.74, 6) is -0.881. The minimum Gasteiger partial charge on any atom is -0.375 e. The molecule has 1 aromatic rings. The van der Waals surface area contributed by atoms with E-state index in [1.54, 1.807) is 0 Å². The maximum atomic E-state index is 13.3. The minimum atomic E-state index is -0.876. The van der Waals surface area contributed by atoms with Gasteiger partial charge in [0.25, 0.3) is 0 Å². The Labute approximate surface area is 113 Å². The lowest BCUT2D eigenvalue weighted by Gasteiger charge is -2.08. The molecule has 3 nitrogen and oxygen atoms in total. The van der Waals surface area contributed by atoms with Crippen LogP contribution in [0.15, 0.2) is 22.1 Å². The first-order valence-corrected chi connectivity index (χ1v) is 6.71. The summed E-state index contributed by atoms with van der Waals surface area (Å²) in [6.45, 7) is 0. The second kappa shape index (κ2) is 5.62. The van der Waals surface area contributed by atoms with Crippen molar-refractivity contribution in [2.24, 2.45) is 10.8 Å². The number of thioether (sulfide) groups is 1. The average Bonchev–Trinajstić information content (AvgIpc) is 2.50. The Kier molecular flexibility index (Phi) is 4.13. The van der Waals surface area contributed by atoms with Crippen molar-refractivity contribution >= 4 is 34.8 Å². The molecule has 1 aliphatic heterocycles. The van der Waals surface area contributed by atoms with E-state index in [0.717, 1.165) is 12.2 Å². The van der Waals surface area contributed by atoms with E-state index in [2.05, 4.69) is 22.7 Å². The maximum Gasteiger partial charge on any atom is 0.184 e. The number of hydrazone groups is 1. The molecule has 1 aliphatic rings. The van der Waals surface area contributed by atoms with Gasteiger partial charge in [0, 0.05) is 10.5 Å². The van der Waals surface area contributed by atoms with Crippen molar-refractivity contribution in [1.29, 1.82) is 0 Å². The number of thiocarbonyl (C=S) groups is 1. The first-order chi connectivity index (χ1) is 8.58. The number of nitrogens with two attached hydrogens (primary N) is 1. The van der Waals surface area contributed by atoms with Gasteiger partial charge in [0.2, 0.25) is 0 Å². The van der Waals surface area contributed by atoms with E-state index in [9.17, 15) is 8.78 Å². The van der Waals surface area contributed by atoms with Crippen LogP contribution in [0.5, 0.6) is 0 Å². The molecule has 0 spiro atoms. The highest BCUT2D eigenvalue weighted by Crippen LogP contribution is 2.30. The smallest absolute Gasteiger partial charge is 0.184 e. The van der Waals surface area contributed by atoms with Crippen LogP contribution in [0.3, 0.4) is 0 Å². The highest BCUT2D eigenvalue weighted by atomic mass is 32.2. The Morgan fingerprint density at radius 3 is 2.83 bits per heavy atom. The largest absolute Gasteiger partial charge is 0.375 e. The third-order valence-electron chi connectivity index (χ3n) is 2.45. The quantitative estimate of drug-likeness (QED) is 0.615. The predicted molar refractivity (Wildman–Crippen MR) is 72.8 cm³/mol. The first kappa shape index (κ1) is 13.2. The van der Waals surface area contributed by atoms with E-state index in [4.69, 9.17) is 5.73 Å². The van der Waals surface area contributed by atoms with Crippen LogP contribution in [-0.2, 0) is 0 Å². The highest BCUT2D eigenvalue weighted by Gasteiger charge is 2.18. The van der Waals surface area contributed by atoms with Crippen LogP contribution in [0.4, 0.5) is 8.78 Å². The van der Waals surface area contributed by atoms with Gasteiger partial charge in [0.05, 0.1) is 5.71 Å². The molecule has 18 heavy (non-hydrogen) atoms. The number of hydrogen-bond acceptors (Lipinski definition) is 3. The summed E-state index contributed by atoms with van der Waals surface area (Å²) in [7, 11) is 0. The summed E-state index contributed by atoms with van der Waals surface area (Å²) in [6, 6.07) is 2.38. The zero-order valence-electron chi connectivity index (χ0n) is 9.37. The molecule has 0 fully saturated rings. The van der Waals surface area contributed by atoms with Crippen LogP contribution in [0.25, 0.3) is 0 Å². The van der Waals surface area contributed by atoms with Crippen LogP contribution in [0, 0.1) is 11.6 Å². The van der Waals surface area contributed by atoms with E-state index < -0.39 is 11.6 Å². The topological polar surface area (TPSA) is 50.4 Å². The first-order valence-electron chi connectivity index (χ1n) is 5.32. The molecule has 3 N–H and O–H groups in total. The molecular weight excluding hydrogens is 276 g/mol. The fourth-order valence-electron chi connectivity index (χ4n) is 1.67. The number of fused-ring (bicyclic) bond motifs is 1. The molecule has 0 unspecified atom stereocenters. The van der Waals surface area contributed by atoms with E-state index >= 15 is 0 Å². The van der Waals surface area contributed by atoms with Gasteiger partial charge in [-0.15, -0.1) is 11.8 Å². The zero-order chi connectivity index (χ0) is 13.1. The number of benzene rings is 1. The van der Waals surface area contributed by atoms with E-state index in [1.165, 1.54) is 23.9 Å². The van der Waals surface area contributed by atoms with Gasteiger partial charge in [-0.3, -0.25) is 5.43 Å². The Bertz CT molecular complexity index is 517. The summed E-state index contributed by atoms with van der Waals surface area (Å²) in [6.07, 6.45) is 1.54. The van der Waals surface area contributed by atoms with Crippen LogP contribution < -0.4 is 11.2 Å². The van der Waals surface area contributed by atoms with Gasteiger partial charge in [0.15, 0.2) is 16.7 Å². The SMILES string of the molecule is NC(=S)N/N=C1\CCCSc2cc(F)c(F)cc21. The molecule has 0 amide bonds. The zero-order valence-corrected chi connectivity index (χ0v) is 11.0. The second-order valence-electron chi connectivity index (χ2n) is 3.75. The van der Waals surface area contributed by atoms with E-state index in [1.807, 2.05) is 0 Å². The Morgan fingerprint density at radius 1 is 1.39 bits per heavy atom. The molecule has 0 bridgehead atoms. The molecule has 0 radical (unpaired) electrons. The monoisotopic (exact) mass is 287 g/mol. The molecule has 1 aromatic carbocycles. The molecule has 0 saturated carbocycles. The maximum absolute atomic E-state index is 13.3. The molecule has 2 rings (SSSR count). The van der Waals surface area contributed by atoms with Crippen molar-refractivity contribution in [1.82, 2.24) is 5.43 Å². The molecule has 0 aliphatic carbocycles. The lowest BCUT2D eigenvalue weighted by atomic mass is 10.1. The molecule has 96 valence electrons. The third-order valence-corrected chi connectivity index (χ3v) is 3.68. The van der Waals surface area contributed by atoms with Gasteiger partial charge >= 0.3 is 0 Å². The standard InChI is InChI=1S/C11H11F2N3S2/c12-7-4-6-9(15-16-11(14)17)2-1-3-18-10(6)5-8(7)13/h4-5H,1-3H2,(H3,14,16,17)/b15-9+. The fraction of sp³-hybridized carbons (Fsp3) is 0.273. The summed E-state index contributed by atoms with van der Waals surface area (Å²) < 4.78 is 26.5. The number of rotatable bonds is 1. The summed E-state index contributed by atoms with van der Waals surface area (Å²) in [5, 5.41) is 4.10. The van der Waals surface area contributed by atoms with Gasteiger partial charge in [-0.1, -0.05) is 0 Å². The van der Waals surface area contributed by atoms with Crippen molar-refractivity contribution in [2.75, 3.05) is 5.75 Å². The van der Waals surface area contributed by atoms with E-state index in [0.29, 0.717) is 22.6 Å². The van der Waals surface area contributed by atoms with Gasteiger partial charge < -0.3 is 5.73 Å². The molecule has 7 heteroatoms. The Balaban J connectivity index is 2.43. The van der Waals surface area contributed by atoms with Crippen LogP contribution in [0.1, 0.15) is 18.4 Å². The van der Waals surface area contributed by atoms with Gasteiger partial charge in [0.1, 0.15) is 0 Å². The lowest BCUT2D eigenvalue weighted by molar-refractivity contribution is 0.505. The Hall–Kier alpha value is -1.21. The molecule has 0 atom stereocenters. The normalized spacial score (nSPS) is 17.1. The average molecular weight is 287 g/mol. The molecule has 0 aromatic heterocycles. The van der Waals surface area contributed by atoms with Crippen LogP contribution >= 0.6 is 24.0 Å². The second-order valence-corrected chi connectivity index (χ2v) is 5.33. The fourth-order valence-corrected chi connectivity index (χ4v) is 2.74. The summed E-state index contributed by atoms with van der Waals surface area (Å²) in [5.41, 5.74) is 9.02. The van der Waals surface area contributed by atoms with Gasteiger partial charge in [-0.2, -0.15) is 5.10 Å².